The fourth-order valence-electron chi connectivity index (χ4n) is 1.91. The van der Waals surface area contributed by atoms with Crippen LogP contribution in [0.4, 0.5) is 5.82 Å². The molecule has 6 heteroatoms. The Balaban J connectivity index is 0.00000162. The number of nitrogens with one attached hydrogen (secondary N) is 1. The second-order valence-corrected chi connectivity index (χ2v) is 4.53. The number of hydrogen-bond donors (Lipinski definition) is 2. The highest BCUT2D eigenvalue weighted by Gasteiger charge is 2.30. The molecule has 1 fully saturated rings. The zero-order chi connectivity index (χ0) is 12.3. The fourth-order valence-corrected chi connectivity index (χ4v) is 1.91. The lowest BCUT2D eigenvalue weighted by atomic mass is 10.0. The average Bonchev–Trinajstić information content (AvgIpc) is 2.74. The van der Waals surface area contributed by atoms with Crippen LogP contribution >= 0.6 is 12.4 Å². The smallest absolute Gasteiger partial charge is 0.270 e. The van der Waals surface area contributed by atoms with Crippen molar-refractivity contribution in [1.29, 1.82) is 0 Å². The average molecular weight is 272 g/mol. The predicted octanol–water partition coefficient (Wildman–Crippen LogP) is 1.38. The first-order valence-corrected chi connectivity index (χ1v) is 5.74. The van der Waals surface area contributed by atoms with Gasteiger partial charge in [0.2, 0.25) is 0 Å². The van der Waals surface area contributed by atoms with Gasteiger partial charge in [0, 0.05) is 13.2 Å². The van der Waals surface area contributed by atoms with Gasteiger partial charge in [0.05, 0.1) is 5.60 Å². The van der Waals surface area contributed by atoms with E-state index in [0.29, 0.717) is 18.1 Å². The summed E-state index contributed by atoms with van der Waals surface area (Å²) in [5, 5.41) is 2.83. The van der Waals surface area contributed by atoms with Gasteiger partial charge in [-0.1, -0.05) is 6.07 Å². The van der Waals surface area contributed by atoms with Crippen LogP contribution in [0.15, 0.2) is 18.2 Å². The Morgan fingerprint density at radius 3 is 3.00 bits per heavy atom. The molecule has 3 N–H and O–H groups in total. The van der Waals surface area contributed by atoms with Crippen molar-refractivity contribution >= 4 is 24.1 Å². The molecule has 0 saturated carbocycles. The van der Waals surface area contributed by atoms with Crippen LogP contribution < -0.4 is 11.1 Å². The number of amides is 1. The van der Waals surface area contributed by atoms with Crippen LogP contribution in [0.3, 0.4) is 0 Å². The highest BCUT2D eigenvalue weighted by atomic mass is 35.5. The Bertz CT molecular complexity index is 420. The van der Waals surface area contributed by atoms with Crippen LogP contribution in [0, 0.1) is 0 Å². The number of rotatable bonds is 3. The Morgan fingerprint density at radius 2 is 2.39 bits per heavy atom. The van der Waals surface area contributed by atoms with E-state index in [-0.39, 0.29) is 23.9 Å². The number of nitrogens with zero attached hydrogens (tertiary/aromatic N) is 1. The summed E-state index contributed by atoms with van der Waals surface area (Å²) in [6.45, 7) is 3.28. The molecule has 2 heterocycles. The highest BCUT2D eigenvalue weighted by molar-refractivity contribution is 5.92. The molecule has 1 aromatic rings. The van der Waals surface area contributed by atoms with Gasteiger partial charge < -0.3 is 15.8 Å². The van der Waals surface area contributed by atoms with Gasteiger partial charge >= 0.3 is 0 Å². The largest absolute Gasteiger partial charge is 0.384 e. The summed E-state index contributed by atoms with van der Waals surface area (Å²) in [7, 11) is 0. The lowest BCUT2D eigenvalue weighted by molar-refractivity contribution is 0.0205. The maximum absolute atomic E-state index is 11.8. The maximum Gasteiger partial charge on any atom is 0.270 e. The molecule has 1 saturated heterocycles. The molecular weight excluding hydrogens is 254 g/mol. The molecule has 1 aliphatic heterocycles. The molecule has 1 unspecified atom stereocenters. The summed E-state index contributed by atoms with van der Waals surface area (Å²) in [6.07, 6.45) is 2.01. The first kappa shape index (κ1) is 14.7. The van der Waals surface area contributed by atoms with E-state index >= 15 is 0 Å². The monoisotopic (exact) mass is 271 g/mol. The van der Waals surface area contributed by atoms with Crippen molar-refractivity contribution in [3.63, 3.8) is 0 Å². The zero-order valence-corrected chi connectivity index (χ0v) is 11.1. The minimum atomic E-state index is -0.240. The predicted molar refractivity (Wildman–Crippen MR) is 71.8 cm³/mol. The first-order chi connectivity index (χ1) is 8.09. The highest BCUT2D eigenvalue weighted by Crippen LogP contribution is 2.23. The second kappa shape index (κ2) is 6.02. The molecule has 0 aliphatic carbocycles. The van der Waals surface area contributed by atoms with Gasteiger partial charge in [-0.25, -0.2) is 4.98 Å². The van der Waals surface area contributed by atoms with Crippen molar-refractivity contribution in [3.8, 4) is 0 Å². The Morgan fingerprint density at radius 1 is 1.61 bits per heavy atom. The summed E-state index contributed by atoms with van der Waals surface area (Å²) in [4.78, 5) is 15.8. The number of nitrogen functional groups attached to an aromatic ring is 1. The molecule has 0 spiro atoms. The Labute approximate surface area is 113 Å². The van der Waals surface area contributed by atoms with Crippen LogP contribution in [0.2, 0.25) is 0 Å². The third kappa shape index (κ3) is 3.58. The lowest BCUT2D eigenvalue weighted by Gasteiger charge is -2.23. The van der Waals surface area contributed by atoms with Crippen LogP contribution in [-0.2, 0) is 4.74 Å². The quantitative estimate of drug-likeness (QED) is 0.871. The van der Waals surface area contributed by atoms with Gasteiger partial charge in [-0.15, -0.1) is 12.4 Å². The molecule has 0 bridgehead atoms. The molecule has 1 amide bonds. The van der Waals surface area contributed by atoms with Gasteiger partial charge in [0.15, 0.2) is 0 Å². The molecule has 0 aromatic carbocycles. The standard InChI is InChI=1S/C12H17N3O2.ClH/c1-12(6-3-7-17-12)8-14-11(16)9-4-2-5-10(13)15-9;/h2,4-5H,3,6-8H2,1H3,(H2,13,15)(H,14,16);1H. The van der Waals surface area contributed by atoms with Crippen LogP contribution in [-0.4, -0.2) is 29.6 Å². The van der Waals surface area contributed by atoms with Gasteiger partial charge in [-0.2, -0.15) is 0 Å². The number of anilines is 1. The zero-order valence-electron chi connectivity index (χ0n) is 10.3. The Kier molecular flexibility index (Phi) is 4.93. The van der Waals surface area contributed by atoms with Gasteiger partial charge in [-0.3, -0.25) is 4.79 Å². The molecular formula is C12H18ClN3O2. The number of nitrogens with two attached hydrogens (primary N) is 1. The molecule has 100 valence electrons. The van der Waals surface area contributed by atoms with Crippen molar-refractivity contribution in [2.24, 2.45) is 0 Å². The summed E-state index contributed by atoms with van der Waals surface area (Å²) < 4.78 is 5.59. The van der Waals surface area contributed by atoms with Gasteiger partial charge in [-0.05, 0) is 31.9 Å². The van der Waals surface area contributed by atoms with E-state index in [4.69, 9.17) is 10.5 Å². The van der Waals surface area contributed by atoms with Crippen molar-refractivity contribution in [3.05, 3.63) is 23.9 Å². The first-order valence-electron chi connectivity index (χ1n) is 5.74. The van der Waals surface area contributed by atoms with Crippen molar-refractivity contribution in [1.82, 2.24) is 10.3 Å². The summed E-state index contributed by atoms with van der Waals surface area (Å²) in [5.41, 5.74) is 5.62. The van der Waals surface area contributed by atoms with E-state index in [1.54, 1.807) is 18.2 Å². The number of hydrogen-bond acceptors (Lipinski definition) is 4. The lowest BCUT2D eigenvalue weighted by Crippen LogP contribution is -2.40. The number of carbonyl (C=O) groups excluding carboxylic acids is 1. The topological polar surface area (TPSA) is 77.2 Å². The summed E-state index contributed by atoms with van der Waals surface area (Å²) in [5.74, 6) is 0.134. The number of halogens is 1. The third-order valence-electron chi connectivity index (χ3n) is 2.93. The van der Waals surface area contributed by atoms with Crippen LogP contribution in [0.1, 0.15) is 30.3 Å². The van der Waals surface area contributed by atoms with E-state index in [1.165, 1.54) is 0 Å². The fraction of sp³-hybridized carbons (Fsp3) is 0.500. The number of carbonyl (C=O) groups is 1. The van der Waals surface area contributed by atoms with E-state index in [2.05, 4.69) is 10.3 Å². The number of ether oxygens (including phenoxy) is 1. The number of aromatic nitrogens is 1. The molecule has 2 rings (SSSR count). The second-order valence-electron chi connectivity index (χ2n) is 4.53. The van der Waals surface area contributed by atoms with Crippen molar-refractivity contribution in [2.45, 2.75) is 25.4 Å². The summed E-state index contributed by atoms with van der Waals surface area (Å²) in [6, 6.07) is 5.01. The van der Waals surface area contributed by atoms with Gasteiger partial charge in [0.25, 0.3) is 5.91 Å². The van der Waals surface area contributed by atoms with Crippen LogP contribution in [0.25, 0.3) is 0 Å². The van der Waals surface area contributed by atoms with Gasteiger partial charge in [0.1, 0.15) is 11.5 Å². The summed E-state index contributed by atoms with van der Waals surface area (Å²) >= 11 is 0. The SMILES string of the molecule is CC1(CNC(=O)c2cccc(N)n2)CCCO1.Cl. The maximum atomic E-state index is 11.8. The van der Waals surface area contributed by atoms with Crippen molar-refractivity contribution in [2.75, 3.05) is 18.9 Å². The Hall–Kier alpha value is -1.33. The minimum Gasteiger partial charge on any atom is -0.384 e. The molecule has 18 heavy (non-hydrogen) atoms. The molecule has 1 aromatic heterocycles. The molecule has 5 nitrogen and oxygen atoms in total. The van der Waals surface area contributed by atoms with Crippen LogP contribution in [0.5, 0.6) is 0 Å². The third-order valence-corrected chi connectivity index (χ3v) is 2.93. The number of pyridine rings is 1. The van der Waals surface area contributed by atoms with Crippen molar-refractivity contribution < 1.29 is 9.53 Å². The normalized spacial score (nSPS) is 22.3. The molecule has 1 atom stereocenters. The molecule has 0 radical (unpaired) electrons. The van der Waals surface area contributed by atoms with E-state index in [1.807, 2.05) is 6.92 Å². The van der Waals surface area contributed by atoms with E-state index < -0.39 is 0 Å². The molecule has 1 aliphatic rings. The minimum absolute atomic E-state index is 0. The van der Waals surface area contributed by atoms with E-state index in [9.17, 15) is 4.79 Å². The van der Waals surface area contributed by atoms with E-state index in [0.717, 1.165) is 19.4 Å².